The molecule has 0 spiro atoms. The lowest BCUT2D eigenvalue weighted by atomic mass is 10.2. The quantitative estimate of drug-likeness (QED) is 0.861. The number of carbonyl (C=O) groups is 2. The fraction of sp³-hybridized carbons (Fsp3) is 0.200. The van der Waals surface area contributed by atoms with E-state index in [-0.39, 0.29) is 19.1 Å². The largest absolute Gasteiger partial charge is 0.460 e. The number of nitrogens with one attached hydrogen (secondary N) is 1. The fourth-order valence-corrected chi connectivity index (χ4v) is 2.19. The first-order chi connectivity index (χ1) is 9.65. The van der Waals surface area contributed by atoms with Crippen molar-refractivity contribution in [3.8, 4) is 0 Å². The first kappa shape index (κ1) is 14.3. The van der Waals surface area contributed by atoms with E-state index in [9.17, 15) is 9.59 Å². The highest BCUT2D eigenvalue weighted by molar-refractivity contribution is 7.12. The molecule has 1 aromatic heterocycles. The van der Waals surface area contributed by atoms with E-state index < -0.39 is 5.97 Å². The molecule has 1 heterocycles. The number of hydrogen-bond donors (Lipinski definition) is 1. The van der Waals surface area contributed by atoms with E-state index in [1.165, 1.54) is 11.3 Å². The molecule has 0 aliphatic heterocycles. The van der Waals surface area contributed by atoms with Gasteiger partial charge in [0.15, 0.2) is 0 Å². The van der Waals surface area contributed by atoms with E-state index in [0.717, 1.165) is 11.1 Å². The zero-order valence-electron chi connectivity index (χ0n) is 11.1. The van der Waals surface area contributed by atoms with Crippen LogP contribution in [0.1, 0.15) is 20.8 Å². The molecule has 0 aliphatic carbocycles. The first-order valence-electron chi connectivity index (χ1n) is 6.18. The number of esters is 1. The predicted molar refractivity (Wildman–Crippen MR) is 77.6 cm³/mol. The molecule has 2 aromatic rings. The second kappa shape index (κ2) is 6.86. The molecule has 0 unspecified atom stereocenters. The Morgan fingerprint density at radius 1 is 1.20 bits per heavy atom. The Bertz CT molecular complexity index is 576. The normalized spacial score (nSPS) is 10.1. The molecular formula is C15H15NO3S. The second-order valence-corrected chi connectivity index (χ2v) is 5.25. The molecule has 0 atom stereocenters. The van der Waals surface area contributed by atoms with Crippen molar-refractivity contribution in [1.82, 2.24) is 5.32 Å². The third-order valence-corrected chi connectivity index (χ3v) is 3.53. The number of ether oxygens (including phenoxy) is 1. The van der Waals surface area contributed by atoms with Crippen LogP contribution in [-0.2, 0) is 16.1 Å². The molecular weight excluding hydrogens is 274 g/mol. The smallest absolute Gasteiger partial charge is 0.325 e. The van der Waals surface area contributed by atoms with Crippen molar-refractivity contribution in [3.63, 3.8) is 0 Å². The molecule has 0 fully saturated rings. The number of thiophene rings is 1. The van der Waals surface area contributed by atoms with Gasteiger partial charge in [-0.25, -0.2) is 0 Å². The zero-order valence-corrected chi connectivity index (χ0v) is 11.9. The highest BCUT2D eigenvalue weighted by atomic mass is 32.1. The third-order valence-electron chi connectivity index (χ3n) is 2.66. The van der Waals surface area contributed by atoms with E-state index in [1.54, 1.807) is 12.1 Å². The topological polar surface area (TPSA) is 55.4 Å². The molecule has 0 bridgehead atoms. The highest BCUT2D eigenvalue weighted by Crippen LogP contribution is 2.07. The van der Waals surface area contributed by atoms with Crippen LogP contribution in [0.2, 0.25) is 0 Å². The van der Waals surface area contributed by atoms with Crippen LogP contribution in [0.15, 0.2) is 41.8 Å². The molecule has 0 aliphatic rings. The molecule has 20 heavy (non-hydrogen) atoms. The lowest BCUT2D eigenvalue weighted by Crippen LogP contribution is -2.30. The average Bonchev–Trinajstić information content (AvgIpc) is 2.98. The summed E-state index contributed by atoms with van der Waals surface area (Å²) in [7, 11) is 0. The summed E-state index contributed by atoms with van der Waals surface area (Å²) in [6, 6.07) is 11.2. The van der Waals surface area contributed by atoms with Gasteiger partial charge in [0.2, 0.25) is 0 Å². The number of amides is 1. The Morgan fingerprint density at radius 2 is 1.95 bits per heavy atom. The van der Waals surface area contributed by atoms with E-state index >= 15 is 0 Å². The summed E-state index contributed by atoms with van der Waals surface area (Å²) in [5.41, 5.74) is 2.08. The van der Waals surface area contributed by atoms with E-state index in [0.29, 0.717) is 4.88 Å². The van der Waals surface area contributed by atoms with Crippen LogP contribution in [0.4, 0.5) is 0 Å². The minimum Gasteiger partial charge on any atom is -0.460 e. The van der Waals surface area contributed by atoms with Crippen LogP contribution in [0, 0.1) is 6.92 Å². The van der Waals surface area contributed by atoms with Crippen LogP contribution in [0.25, 0.3) is 0 Å². The summed E-state index contributed by atoms with van der Waals surface area (Å²) >= 11 is 1.33. The lowest BCUT2D eigenvalue weighted by Gasteiger charge is -2.06. The van der Waals surface area contributed by atoms with Gasteiger partial charge in [0.1, 0.15) is 13.2 Å². The van der Waals surface area contributed by atoms with Crippen molar-refractivity contribution in [2.45, 2.75) is 13.5 Å². The molecule has 4 nitrogen and oxygen atoms in total. The molecule has 2 rings (SSSR count). The molecule has 104 valence electrons. The van der Waals surface area contributed by atoms with Crippen LogP contribution in [0.3, 0.4) is 0 Å². The van der Waals surface area contributed by atoms with Crippen molar-refractivity contribution < 1.29 is 14.3 Å². The summed E-state index contributed by atoms with van der Waals surface area (Å²) in [6.45, 7) is 2.09. The highest BCUT2D eigenvalue weighted by Gasteiger charge is 2.09. The van der Waals surface area contributed by atoms with Gasteiger partial charge in [-0.2, -0.15) is 0 Å². The SMILES string of the molecule is Cc1ccc(COC(=O)CNC(=O)c2cccs2)cc1. The minimum atomic E-state index is -0.449. The van der Waals surface area contributed by atoms with Crippen molar-refractivity contribution in [3.05, 3.63) is 57.8 Å². The van der Waals surface area contributed by atoms with Gasteiger partial charge in [-0.05, 0) is 23.9 Å². The molecule has 1 aromatic carbocycles. The Kier molecular flexibility index (Phi) is 4.90. The summed E-state index contributed by atoms with van der Waals surface area (Å²) in [6.07, 6.45) is 0. The van der Waals surface area contributed by atoms with Gasteiger partial charge in [-0.3, -0.25) is 9.59 Å². The summed E-state index contributed by atoms with van der Waals surface area (Å²) in [4.78, 5) is 23.7. The molecule has 0 radical (unpaired) electrons. The van der Waals surface area contributed by atoms with Gasteiger partial charge in [-0.1, -0.05) is 35.9 Å². The number of carbonyl (C=O) groups excluding carboxylic acids is 2. The fourth-order valence-electron chi connectivity index (χ4n) is 1.55. The molecule has 0 saturated carbocycles. The van der Waals surface area contributed by atoms with Gasteiger partial charge < -0.3 is 10.1 Å². The average molecular weight is 289 g/mol. The number of aryl methyl sites for hydroxylation is 1. The Hall–Kier alpha value is -2.14. The predicted octanol–water partition coefficient (Wildman–Crippen LogP) is 2.53. The van der Waals surface area contributed by atoms with Gasteiger partial charge in [-0.15, -0.1) is 11.3 Å². The lowest BCUT2D eigenvalue weighted by molar-refractivity contribution is -0.143. The van der Waals surface area contributed by atoms with E-state index in [1.807, 2.05) is 36.6 Å². The van der Waals surface area contributed by atoms with Crippen molar-refractivity contribution >= 4 is 23.2 Å². The first-order valence-corrected chi connectivity index (χ1v) is 7.06. The van der Waals surface area contributed by atoms with Gasteiger partial charge in [0.05, 0.1) is 4.88 Å². The Balaban J connectivity index is 1.73. The maximum absolute atomic E-state index is 11.6. The minimum absolute atomic E-state index is 0.122. The molecule has 5 heteroatoms. The van der Waals surface area contributed by atoms with Crippen molar-refractivity contribution in [2.75, 3.05) is 6.54 Å². The van der Waals surface area contributed by atoms with Crippen LogP contribution in [-0.4, -0.2) is 18.4 Å². The Morgan fingerprint density at radius 3 is 2.60 bits per heavy atom. The maximum Gasteiger partial charge on any atom is 0.325 e. The van der Waals surface area contributed by atoms with Gasteiger partial charge >= 0.3 is 5.97 Å². The monoisotopic (exact) mass is 289 g/mol. The third kappa shape index (κ3) is 4.20. The summed E-state index contributed by atoms with van der Waals surface area (Å²) in [5.74, 6) is -0.706. The standard InChI is InChI=1S/C15H15NO3S/c1-11-4-6-12(7-5-11)10-19-14(17)9-16-15(18)13-3-2-8-20-13/h2-8H,9-10H2,1H3,(H,16,18). The zero-order chi connectivity index (χ0) is 14.4. The van der Waals surface area contributed by atoms with Gasteiger partial charge in [0.25, 0.3) is 5.91 Å². The van der Waals surface area contributed by atoms with Crippen LogP contribution >= 0.6 is 11.3 Å². The number of benzene rings is 1. The van der Waals surface area contributed by atoms with Crippen LogP contribution < -0.4 is 5.32 Å². The summed E-state index contributed by atoms with van der Waals surface area (Å²) in [5, 5.41) is 4.34. The molecule has 1 amide bonds. The number of hydrogen-bond acceptors (Lipinski definition) is 4. The number of rotatable bonds is 5. The van der Waals surface area contributed by atoms with E-state index in [4.69, 9.17) is 4.74 Å². The van der Waals surface area contributed by atoms with Gasteiger partial charge in [0, 0.05) is 0 Å². The summed E-state index contributed by atoms with van der Waals surface area (Å²) < 4.78 is 5.09. The van der Waals surface area contributed by atoms with Crippen molar-refractivity contribution in [2.24, 2.45) is 0 Å². The maximum atomic E-state index is 11.6. The van der Waals surface area contributed by atoms with Crippen molar-refractivity contribution in [1.29, 1.82) is 0 Å². The second-order valence-electron chi connectivity index (χ2n) is 4.31. The molecule has 0 saturated heterocycles. The molecule has 1 N–H and O–H groups in total. The van der Waals surface area contributed by atoms with Crippen LogP contribution in [0.5, 0.6) is 0 Å². The Labute approximate surface area is 121 Å². The van der Waals surface area contributed by atoms with E-state index in [2.05, 4.69) is 5.32 Å².